The van der Waals surface area contributed by atoms with Crippen molar-refractivity contribution in [3.8, 4) is 0 Å². The minimum Gasteiger partial charge on any atom is -0.289 e. The second kappa shape index (κ2) is 5.53. The Morgan fingerprint density at radius 1 is 0.950 bits per heavy atom. The molecule has 0 aliphatic heterocycles. The van der Waals surface area contributed by atoms with Crippen LogP contribution in [0, 0.1) is 6.92 Å². The van der Waals surface area contributed by atoms with Crippen molar-refractivity contribution in [1.82, 2.24) is 0 Å². The summed E-state index contributed by atoms with van der Waals surface area (Å²) in [6, 6.07) is 13.6. The molecule has 2 rings (SSSR count). The van der Waals surface area contributed by atoms with Gasteiger partial charge in [-0.05, 0) is 41.7 Å². The molecule has 0 saturated heterocycles. The second-order valence-electron chi connectivity index (χ2n) is 6.12. The number of halogens is 1. The molecule has 1 nitrogen and oxygen atoms in total. The fraction of sp³-hybridized carbons (Fsp3) is 0.278. The van der Waals surface area contributed by atoms with Crippen molar-refractivity contribution >= 4 is 21.7 Å². The average Bonchev–Trinajstić information content (AvgIpc) is 2.40. The maximum atomic E-state index is 12.5. The number of rotatable bonds is 2. The van der Waals surface area contributed by atoms with Crippen LogP contribution in [0.3, 0.4) is 0 Å². The molecule has 0 aliphatic carbocycles. The molecule has 0 spiro atoms. The van der Waals surface area contributed by atoms with Crippen molar-refractivity contribution in [1.29, 1.82) is 0 Å². The normalized spacial score (nSPS) is 11.4. The fourth-order valence-electron chi connectivity index (χ4n) is 2.07. The lowest BCUT2D eigenvalue weighted by Gasteiger charge is -2.19. The highest BCUT2D eigenvalue weighted by atomic mass is 79.9. The summed E-state index contributed by atoms with van der Waals surface area (Å²) in [5, 5.41) is 0. The van der Waals surface area contributed by atoms with Gasteiger partial charge in [-0.1, -0.05) is 61.0 Å². The van der Waals surface area contributed by atoms with Gasteiger partial charge in [-0.25, -0.2) is 0 Å². The molecule has 2 aromatic rings. The van der Waals surface area contributed by atoms with E-state index in [1.54, 1.807) is 0 Å². The number of carbonyl (C=O) groups excluding carboxylic acids is 1. The molecule has 0 bridgehead atoms. The summed E-state index contributed by atoms with van der Waals surface area (Å²) in [5.74, 6) is 0.0704. The number of hydrogen-bond donors (Lipinski definition) is 0. The van der Waals surface area contributed by atoms with Crippen molar-refractivity contribution in [2.24, 2.45) is 0 Å². The smallest absolute Gasteiger partial charge is 0.193 e. The zero-order chi connectivity index (χ0) is 14.9. The van der Waals surface area contributed by atoms with Crippen LogP contribution in [0.1, 0.15) is 47.8 Å². The third-order valence-corrected chi connectivity index (χ3v) is 4.32. The van der Waals surface area contributed by atoms with Crippen LogP contribution in [0.5, 0.6) is 0 Å². The summed E-state index contributed by atoms with van der Waals surface area (Å²) in [4.78, 5) is 12.5. The quantitative estimate of drug-likeness (QED) is 0.684. The summed E-state index contributed by atoms with van der Waals surface area (Å²) in [6.45, 7) is 8.50. The van der Waals surface area contributed by atoms with Crippen molar-refractivity contribution in [2.75, 3.05) is 0 Å². The van der Waals surface area contributed by atoms with E-state index in [-0.39, 0.29) is 11.2 Å². The van der Waals surface area contributed by atoms with E-state index >= 15 is 0 Å². The average molecular weight is 331 g/mol. The minimum absolute atomic E-state index is 0.0704. The van der Waals surface area contributed by atoms with E-state index in [0.29, 0.717) is 0 Å². The second-order valence-corrected chi connectivity index (χ2v) is 6.97. The molecule has 0 amide bonds. The van der Waals surface area contributed by atoms with Gasteiger partial charge in [0, 0.05) is 15.6 Å². The standard InChI is InChI=1S/C18H19BrO/c1-12-11-14(7-10-16(12)19)17(20)13-5-8-15(9-6-13)18(2,3)4/h5-11H,1-4H3. The van der Waals surface area contributed by atoms with Crippen LogP contribution in [0.2, 0.25) is 0 Å². The Hall–Kier alpha value is -1.41. The number of ketones is 1. The van der Waals surface area contributed by atoms with Crippen LogP contribution >= 0.6 is 15.9 Å². The number of carbonyl (C=O) groups is 1. The molecule has 0 N–H and O–H groups in total. The van der Waals surface area contributed by atoms with Crippen LogP contribution in [0.4, 0.5) is 0 Å². The number of aryl methyl sites for hydroxylation is 1. The van der Waals surface area contributed by atoms with E-state index in [1.807, 2.05) is 49.4 Å². The topological polar surface area (TPSA) is 17.1 Å². The molecule has 0 aromatic heterocycles. The Kier molecular flexibility index (Phi) is 4.14. The summed E-state index contributed by atoms with van der Waals surface area (Å²) < 4.78 is 1.03. The first-order valence-corrected chi connectivity index (χ1v) is 7.50. The van der Waals surface area contributed by atoms with Gasteiger partial charge in [0.05, 0.1) is 0 Å². The molecule has 2 aromatic carbocycles. The van der Waals surface area contributed by atoms with Crippen LogP contribution in [-0.2, 0) is 5.41 Å². The first-order chi connectivity index (χ1) is 9.29. The van der Waals surface area contributed by atoms with Crippen molar-refractivity contribution in [3.63, 3.8) is 0 Å². The van der Waals surface area contributed by atoms with Gasteiger partial charge in [-0.2, -0.15) is 0 Å². The Morgan fingerprint density at radius 2 is 1.50 bits per heavy atom. The van der Waals surface area contributed by atoms with Gasteiger partial charge >= 0.3 is 0 Å². The van der Waals surface area contributed by atoms with Crippen LogP contribution in [0.25, 0.3) is 0 Å². The van der Waals surface area contributed by atoms with E-state index in [4.69, 9.17) is 0 Å². The van der Waals surface area contributed by atoms with Crippen LogP contribution in [-0.4, -0.2) is 5.78 Å². The van der Waals surface area contributed by atoms with Crippen LogP contribution in [0.15, 0.2) is 46.9 Å². The molecule has 0 aliphatic rings. The summed E-state index contributed by atoms with van der Waals surface area (Å²) in [6.07, 6.45) is 0. The number of benzene rings is 2. The Bertz CT molecular complexity index is 633. The van der Waals surface area contributed by atoms with Crippen LogP contribution < -0.4 is 0 Å². The van der Waals surface area contributed by atoms with E-state index < -0.39 is 0 Å². The van der Waals surface area contributed by atoms with Gasteiger partial charge in [-0.15, -0.1) is 0 Å². The summed E-state index contributed by atoms with van der Waals surface area (Å²) in [7, 11) is 0. The van der Waals surface area contributed by atoms with E-state index in [1.165, 1.54) is 5.56 Å². The Morgan fingerprint density at radius 3 is 2.00 bits per heavy atom. The third-order valence-electron chi connectivity index (χ3n) is 3.43. The molecule has 0 heterocycles. The Labute approximate surface area is 129 Å². The molecule has 104 valence electrons. The highest BCUT2D eigenvalue weighted by Gasteiger charge is 2.15. The van der Waals surface area contributed by atoms with E-state index in [2.05, 4.69) is 36.7 Å². The molecule has 0 radical (unpaired) electrons. The maximum absolute atomic E-state index is 12.5. The summed E-state index contributed by atoms with van der Waals surface area (Å²) in [5.41, 5.74) is 3.88. The van der Waals surface area contributed by atoms with Gasteiger partial charge < -0.3 is 0 Å². The molecule has 0 saturated carbocycles. The third kappa shape index (κ3) is 3.18. The molecule has 0 fully saturated rings. The first kappa shape index (κ1) is 15.0. The van der Waals surface area contributed by atoms with E-state index in [0.717, 1.165) is 21.2 Å². The lowest BCUT2D eigenvalue weighted by molar-refractivity contribution is 0.103. The lowest BCUT2D eigenvalue weighted by Crippen LogP contribution is -2.11. The monoisotopic (exact) mass is 330 g/mol. The molecule has 0 atom stereocenters. The SMILES string of the molecule is Cc1cc(C(=O)c2ccc(C(C)(C)C)cc2)ccc1Br. The highest BCUT2D eigenvalue weighted by molar-refractivity contribution is 9.10. The first-order valence-electron chi connectivity index (χ1n) is 6.70. The zero-order valence-corrected chi connectivity index (χ0v) is 13.9. The van der Waals surface area contributed by atoms with Gasteiger partial charge in [0.25, 0.3) is 0 Å². The Balaban J connectivity index is 2.31. The fourth-order valence-corrected chi connectivity index (χ4v) is 2.32. The van der Waals surface area contributed by atoms with Crippen molar-refractivity contribution in [3.05, 3.63) is 69.2 Å². The van der Waals surface area contributed by atoms with E-state index in [9.17, 15) is 4.79 Å². The molecule has 0 unspecified atom stereocenters. The number of hydrogen-bond acceptors (Lipinski definition) is 1. The molecular formula is C18H19BrO. The van der Waals surface area contributed by atoms with Gasteiger partial charge in [0.15, 0.2) is 5.78 Å². The van der Waals surface area contributed by atoms with Gasteiger partial charge in [0.1, 0.15) is 0 Å². The predicted molar refractivity (Wildman–Crippen MR) is 87.5 cm³/mol. The van der Waals surface area contributed by atoms with Crippen molar-refractivity contribution < 1.29 is 4.79 Å². The minimum atomic E-state index is 0.0704. The summed E-state index contributed by atoms with van der Waals surface area (Å²) >= 11 is 3.45. The molecule has 20 heavy (non-hydrogen) atoms. The highest BCUT2D eigenvalue weighted by Crippen LogP contribution is 2.24. The largest absolute Gasteiger partial charge is 0.289 e. The maximum Gasteiger partial charge on any atom is 0.193 e. The predicted octanol–water partition coefficient (Wildman–Crippen LogP) is 5.29. The lowest BCUT2D eigenvalue weighted by atomic mass is 9.86. The van der Waals surface area contributed by atoms with Gasteiger partial charge in [-0.3, -0.25) is 4.79 Å². The molecule has 2 heteroatoms. The molecular weight excluding hydrogens is 312 g/mol. The zero-order valence-electron chi connectivity index (χ0n) is 12.3. The van der Waals surface area contributed by atoms with Gasteiger partial charge in [0.2, 0.25) is 0 Å². The van der Waals surface area contributed by atoms with Crippen molar-refractivity contribution in [2.45, 2.75) is 33.1 Å².